The van der Waals surface area contributed by atoms with Crippen LogP contribution in [0.15, 0.2) is 24.3 Å². The molecule has 0 saturated carbocycles. The Morgan fingerprint density at radius 3 is 2.81 bits per heavy atom. The van der Waals surface area contributed by atoms with Crippen LogP contribution >= 0.6 is 0 Å². The van der Waals surface area contributed by atoms with Gasteiger partial charge in [0.25, 0.3) is 11.8 Å². The second-order valence-electron chi connectivity index (χ2n) is 4.78. The molecule has 1 heterocycles. The van der Waals surface area contributed by atoms with Crippen molar-refractivity contribution in [1.82, 2.24) is 4.90 Å². The van der Waals surface area contributed by atoms with Crippen molar-refractivity contribution in [2.75, 3.05) is 13.2 Å². The van der Waals surface area contributed by atoms with Gasteiger partial charge in [0.1, 0.15) is 11.8 Å². The molecule has 2 amide bonds. The van der Waals surface area contributed by atoms with Crippen molar-refractivity contribution in [2.24, 2.45) is 5.73 Å². The van der Waals surface area contributed by atoms with Gasteiger partial charge in [-0.2, -0.15) is 0 Å². The Bertz CT molecular complexity index is 572. The number of amides is 2. The Kier molecular flexibility index (Phi) is 4.42. The van der Waals surface area contributed by atoms with Gasteiger partial charge in [0, 0.05) is 12.1 Å². The predicted octanol–water partition coefficient (Wildman–Crippen LogP) is 0.240. The molecule has 2 rings (SSSR count). The van der Waals surface area contributed by atoms with Crippen molar-refractivity contribution in [2.45, 2.75) is 18.9 Å². The van der Waals surface area contributed by atoms with Crippen LogP contribution in [0.4, 0.5) is 0 Å². The number of aliphatic carboxylic acids is 1. The Labute approximate surface area is 121 Å². The van der Waals surface area contributed by atoms with E-state index in [1.165, 1.54) is 11.0 Å². The highest BCUT2D eigenvalue weighted by molar-refractivity contribution is 5.97. The first-order valence-corrected chi connectivity index (χ1v) is 6.54. The number of carbonyl (C=O) groups excluding carboxylic acids is 2. The molecule has 7 heteroatoms. The van der Waals surface area contributed by atoms with Gasteiger partial charge in [-0.3, -0.25) is 9.59 Å². The third kappa shape index (κ3) is 3.50. The molecule has 1 atom stereocenters. The lowest BCUT2D eigenvalue weighted by Gasteiger charge is -2.21. The first-order chi connectivity index (χ1) is 9.99. The highest BCUT2D eigenvalue weighted by Gasteiger charge is 2.34. The number of rotatable bonds is 5. The van der Waals surface area contributed by atoms with E-state index in [0.717, 1.165) is 0 Å². The summed E-state index contributed by atoms with van der Waals surface area (Å²) in [6, 6.07) is 5.47. The molecule has 1 aromatic carbocycles. The summed E-state index contributed by atoms with van der Waals surface area (Å²) in [5, 5.41) is 9.11. The minimum absolute atomic E-state index is 0.279. The zero-order valence-electron chi connectivity index (χ0n) is 11.3. The molecular formula is C14H16N2O5. The molecular weight excluding hydrogens is 276 g/mol. The zero-order chi connectivity index (χ0) is 15.4. The maximum atomic E-state index is 12.4. The summed E-state index contributed by atoms with van der Waals surface area (Å²) in [5.74, 6) is -1.63. The van der Waals surface area contributed by atoms with Crippen LogP contribution in [0, 0.1) is 0 Å². The zero-order valence-corrected chi connectivity index (χ0v) is 11.3. The monoisotopic (exact) mass is 292 g/mol. The molecule has 0 radical (unpaired) electrons. The minimum Gasteiger partial charge on any atom is -0.484 e. The van der Waals surface area contributed by atoms with E-state index in [9.17, 15) is 14.4 Å². The smallest absolute Gasteiger partial charge is 0.326 e. The van der Waals surface area contributed by atoms with Crippen molar-refractivity contribution < 1.29 is 24.2 Å². The van der Waals surface area contributed by atoms with E-state index >= 15 is 0 Å². The summed E-state index contributed by atoms with van der Waals surface area (Å²) >= 11 is 0. The quantitative estimate of drug-likeness (QED) is 0.807. The van der Waals surface area contributed by atoms with E-state index in [-0.39, 0.29) is 12.5 Å². The van der Waals surface area contributed by atoms with Gasteiger partial charge in [0.15, 0.2) is 6.61 Å². The molecule has 21 heavy (non-hydrogen) atoms. The SMILES string of the molecule is NC(=O)COc1cccc(C(=O)N2CCCC2C(=O)O)c1. The maximum absolute atomic E-state index is 12.4. The molecule has 0 bridgehead atoms. The van der Waals surface area contributed by atoms with Crippen LogP contribution in [0.5, 0.6) is 5.75 Å². The molecule has 1 fully saturated rings. The number of carboxylic acid groups (broad SMARTS) is 1. The molecule has 1 aliphatic rings. The van der Waals surface area contributed by atoms with E-state index in [1.807, 2.05) is 0 Å². The second-order valence-corrected chi connectivity index (χ2v) is 4.78. The molecule has 112 valence electrons. The highest BCUT2D eigenvalue weighted by Crippen LogP contribution is 2.22. The van der Waals surface area contributed by atoms with E-state index in [4.69, 9.17) is 15.6 Å². The Morgan fingerprint density at radius 2 is 2.14 bits per heavy atom. The van der Waals surface area contributed by atoms with E-state index in [1.54, 1.807) is 18.2 Å². The van der Waals surface area contributed by atoms with Gasteiger partial charge in [-0.25, -0.2) is 4.79 Å². The Hall–Kier alpha value is -2.57. The lowest BCUT2D eigenvalue weighted by molar-refractivity contribution is -0.141. The standard InChI is InChI=1S/C14H16N2O5/c15-12(17)8-21-10-4-1-3-9(7-10)13(18)16-6-2-5-11(16)14(19)20/h1,3-4,7,11H,2,5-6,8H2,(H2,15,17)(H,19,20). The van der Waals surface area contributed by atoms with Crippen molar-refractivity contribution >= 4 is 17.8 Å². The fraction of sp³-hybridized carbons (Fsp3) is 0.357. The topological polar surface area (TPSA) is 110 Å². The number of hydrogen-bond donors (Lipinski definition) is 2. The average molecular weight is 292 g/mol. The largest absolute Gasteiger partial charge is 0.484 e. The number of nitrogens with zero attached hydrogens (tertiary/aromatic N) is 1. The highest BCUT2D eigenvalue weighted by atomic mass is 16.5. The number of likely N-dealkylation sites (tertiary alicyclic amines) is 1. The maximum Gasteiger partial charge on any atom is 0.326 e. The van der Waals surface area contributed by atoms with E-state index in [0.29, 0.717) is 30.7 Å². The number of carboxylic acids is 1. The van der Waals surface area contributed by atoms with Crippen LogP contribution in [0.2, 0.25) is 0 Å². The number of hydrogen-bond acceptors (Lipinski definition) is 4. The predicted molar refractivity (Wildman–Crippen MR) is 72.8 cm³/mol. The summed E-state index contributed by atoms with van der Waals surface area (Å²) in [6.07, 6.45) is 1.12. The lowest BCUT2D eigenvalue weighted by Crippen LogP contribution is -2.40. The molecule has 3 N–H and O–H groups in total. The van der Waals surface area contributed by atoms with Crippen LogP contribution in [-0.2, 0) is 9.59 Å². The van der Waals surface area contributed by atoms with Gasteiger partial charge in [-0.15, -0.1) is 0 Å². The lowest BCUT2D eigenvalue weighted by atomic mass is 10.1. The van der Waals surface area contributed by atoms with Gasteiger partial charge in [-0.1, -0.05) is 6.07 Å². The van der Waals surface area contributed by atoms with Crippen LogP contribution < -0.4 is 10.5 Å². The molecule has 1 aromatic rings. The van der Waals surface area contributed by atoms with E-state index < -0.39 is 17.9 Å². The number of nitrogens with two attached hydrogens (primary N) is 1. The van der Waals surface area contributed by atoms with Crippen LogP contribution in [-0.4, -0.2) is 47.0 Å². The van der Waals surface area contributed by atoms with Gasteiger partial charge in [0.05, 0.1) is 0 Å². The molecule has 0 spiro atoms. The van der Waals surface area contributed by atoms with Crippen molar-refractivity contribution in [3.8, 4) is 5.75 Å². The number of benzene rings is 1. The first-order valence-electron chi connectivity index (χ1n) is 6.54. The summed E-state index contributed by atoms with van der Waals surface area (Å²) in [6.45, 7) is 0.140. The second kappa shape index (κ2) is 6.25. The Morgan fingerprint density at radius 1 is 1.38 bits per heavy atom. The van der Waals surface area contributed by atoms with Gasteiger partial charge >= 0.3 is 5.97 Å². The minimum atomic E-state index is -0.998. The molecule has 0 aromatic heterocycles. The summed E-state index contributed by atoms with van der Waals surface area (Å²) in [4.78, 5) is 35.5. The summed E-state index contributed by atoms with van der Waals surface area (Å²) in [5.41, 5.74) is 5.31. The normalized spacial score (nSPS) is 17.5. The number of carbonyl (C=O) groups is 3. The molecule has 1 unspecified atom stereocenters. The average Bonchev–Trinajstić information content (AvgIpc) is 2.94. The molecule has 1 saturated heterocycles. The summed E-state index contributed by atoms with van der Waals surface area (Å²) < 4.78 is 5.13. The Balaban J connectivity index is 2.13. The van der Waals surface area contributed by atoms with Crippen molar-refractivity contribution in [1.29, 1.82) is 0 Å². The van der Waals surface area contributed by atoms with E-state index in [2.05, 4.69) is 0 Å². The molecule has 1 aliphatic heterocycles. The number of primary amides is 1. The van der Waals surface area contributed by atoms with Crippen molar-refractivity contribution in [3.05, 3.63) is 29.8 Å². The third-order valence-electron chi connectivity index (χ3n) is 3.26. The third-order valence-corrected chi connectivity index (χ3v) is 3.26. The van der Waals surface area contributed by atoms with Crippen LogP contribution in [0.1, 0.15) is 23.2 Å². The van der Waals surface area contributed by atoms with Crippen LogP contribution in [0.3, 0.4) is 0 Å². The fourth-order valence-electron chi connectivity index (χ4n) is 2.31. The molecule has 7 nitrogen and oxygen atoms in total. The van der Waals surface area contributed by atoms with Gasteiger partial charge in [0.2, 0.25) is 0 Å². The van der Waals surface area contributed by atoms with Crippen molar-refractivity contribution in [3.63, 3.8) is 0 Å². The van der Waals surface area contributed by atoms with Crippen LogP contribution in [0.25, 0.3) is 0 Å². The van der Waals surface area contributed by atoms with Gasteiger partial charge < -0.3 is 20.5 Å². The fourth-order valence-corrected chi connectivity index (χ4v) is 2.31. The number of ether oxygens (including phenoxy) is 1. The van der Waals surface area contributed by atoms with Gasteiger partial charge in [-0.05, 0) is 31.0 Å². The first kappa shape index (κ1) is 14.8. The summed E-state index contributed by atoms with van der Waals surface area (Å²) in [7, 11) is 0. The molecule has 0 aliphatic carbocycles.